The lowest BCUT2D eigenvalue weighted by Gasteiger charge is -2.29. The van der Waals surface area contributed by atoms with Crippen LogP contribution in [0.25, 0.3) is 11.5 Å². The minimum absolute atomic E-state index is 0.612. The number of hydrogen-bond acceptors (Lipinski definition) is 4. The van der Waals surface area contributed by atoms with E-state index in [4.69, 9.17) is 4.42 Å². The Bertz CT molecular complexity index is 523. The van der Waals surface area contributed by atoms with Crippen molar-refractivity contribution in [3.8, 4) is 11.5 Å². The molecule has 0 aliphatic carbocycles. The van der Waals surface area contributed by atoms with Crippen molar-refractivity contribution in [2.45, 2.75) is 26.3 Å². The molecule has 19 heavy (non-hydrogen) atoms. The van der Waals surface area contributed by atoms with Gasteiger partial charge in [-0.25, -0.2) is 0 Å². The van der Waals surface area contributed by atoms with Crippen molar-refractivity contribution < 1.29 is 4.42 Å². The van der Waals surface area contributed by atoms with Gasteiger partial charge in [0.2, 0.25) is 11.8 Å². The first kappa shape index (κ1) is 12.4. The Hall–Kier alpha value is -1.68. The van der Waals surface area contributed by atoms with Gasteiger partial charge < -0.3 is 4.42 Å². The highest BCUT2D eigenvalue weighted by atomic mass is 16.4. The van der Waals surface area contributed by atoms with Crippen molar-refractivity contribution in [1.29, 1.82) is 0 Å². The zero-order valence-electron chi connectivity index (χ0n) is 11.2. The van der Waals surface area contributed by atoms with Crippen molar-refractivity contribution in [3.63, 3.8) is 0 Å². The van der Waals surface area contributed by atoms with Gasteiger partial charge in [0.15, 0.2) is 0 Å². The molecule has 2 aromatic rings. The highest BCUT2D eigenvalue weighted by Gasteiger charge is 2.18. The Labute approximate surface area is 113 Å². The van der Waals surface area contributed by atoms with Crippen LogP contribution in [-0.4, -0.2) is 28.2 Å². The van der Waals surface area contributed by atoms with E-state index in [1.54, 1.807) is 0 Å². The summed E-state index contributed by atoms with van der Waals surface area (Å²) in [5.41, 5.74) is 0.980. The van der Waals surface area contributed by atoms with E-state index in [1.165, 1.54) is 12.8 Å². The maximum Gasteiger partial charge on any atom is 0.247 e. The molecule has 1 aliphatic heterocycles. The molecule has 0 amide bonds. The number of rotatable bonds is 3. The summed E-state index contributed by atoms with van der Waals surface area (Å²) in [6.07, 6.45) is 2.59. The summed E-state index contributed by atoms with van der Waals surface area (Å²) in [6.45, 7) is 5.33. The van der Waals surface area contributed by atoms with Crippen LogP contribution in [0.2, 0.25) is 0 Å². The van der Waals surface area contributed by atoms with E-state index in [2.05, 4.69) is 22.0 Å². The Morgan fingerprint density at radius 1 is 1.26 bits per heavy atom. The molecule has 1 unspecified atom stereocenters. The van der Waals surface area contributed by atoms with Gasteiger partial charge >= 0.3 is 0 Å². The van der Waals surface area contributed by atoms with E-state index in [1.807, 2.05) is 30.3 Å². The Morgan fingerprint density at radius 3 is 2.89 bits per heavy atom. The monoisotopic (exact) mass is 257 g/mol. The second kappa shape index (κ2) is 5.53. The van der Waals surface area contributed by atoms with Crippen molar-refractivity contribution in [2.75, 3.05) is 13.1 Å². The predicted octanol–water partition coefficient (Wildman–Crippen LogP) is 2.97. The number of hydrogen-bond donors (Lipinski definition) is 0. The van der Waals surface area contributed by atoms with E-state index < -0.39 is 0 Å². The Kier molecular flexibility index (Phi) is 3.60. The summed E-state index contributed by atoms with van der Waals surface area (Å²) in [5.74, 6) is 2.10. The maximum atomic E-state index is 5.74. The molecule has 0 N–H and O–H groups in total. The van der Waals surface area contributed by atoms with Crippen LogP contribution in [0.3, 0.4) is 0 Å². The molecule has 0 spiro atoms. The second-order valence-corrected chi connectivity index (χ2v) is 5.35. The number of likely N-dealkylation sites (tertiary alicyclic amines) is 1. The highest BCUT2D eigenvalue weighted by Crippen LogP contribution is 2.20. The third-order valence-corrected chi connectivity index (χ3v) is 3.59. The van der Waals surface area contributed by atoms with Crippen LogP contribution in [0, 0.1) is 5.92 Å². The molecule has 1 saturated heterocycles. The summed E-state index contributed by atoms with van der Waals surface area (Å²) < 4.78 is 5.74. The van der Waals surface area contributed by atoms with Gasteiger partial charge in [-0.1, -0.05) is 25.1 Å². The van der Waals surface area contributed by atoms with E-state index in [0.717, 1.165) is 31.1 Å². The second-order valence-electron chi connectivity index (χ2n) is 5.35. The summed E-state index contributed by atoms with van der Waals surface area (Å²) in [4.78, 5) is 2.40. The molecule has 1 atom stereocenters. The van der Waals surface area contributed by atoms with Crippen LogP contribution in [0.5, 0.6) is 0 Å². The zero-order valence-corrected chi connectivity index (χ0v) is 11.2. The maximum absolute atomic E-state index is 5.74. The van der Waals surface area contributed by atoms with E-state index >= 15 is 0 Å². The number of aromatic nitrogens is 2. The summed E-state index contributed by atoms with van der Waals surface area (Å²) in [5, 5.41) is 8.28. The molecule has 1 aromatic carbocycles. The lowest BCUT2D eigenvalue weighted by molar-refractivity contribution is 0.163. The summed E-state index contributed by atoms with van der Waals surface area (Å²) in [7, 11) is 0. The minimum Gasteiger partial charge on any atom is -0.419 e. The van der Waals surface area contributed by atoms with E-state index in [-0.39, 0.29) is 0 Å². The summed E-state index contributed by atoms with van der Waals surface area (Å²) >= 11 is 0. The molecule has 0 radical (unpaired) electrons. The Balaban J connectivity index is 1.68. The zero-order chi connectivity index (χ0) is 13.1. The molecule has 1 fully saturated rings. The molecule has 0 bridgehead atoms. The molecular weight excluding hydrogens is 238 g/mol. The predicted molar refractivity (Wildman–Crippen MR) is 73.4 cm³/mol. The molecule has 0 saturated carbocycles. The van der Waals surface area contributed by atoms with Crippen molar-refractivity contribution >= 4 is 0 Å². The third-order valence-electron chi connectivity index (χ3n) is 3.59. The molecule has 2 heterocycles. The number of nitrogens with zero attached hydrogens (tertiary/aromatic N) is 3. The molecule has 3 rings (SSSR count). The van der Waals surface area contributed by atoms with E-state index in [0.29, 0.717) is 11.8 Å². The van der Waals surface area contributed by atoms with Gasteiger partial charge in [-0.3, -0.25) is 4.90 Å². The van der Waals surface area contributed by atoms with Crippen LogP contribution in [0.1, 0.15) is 25.7 Å². The van der Waals surface area contributed by atoms with Crippen LogP contribution >= 0.6 is 0 Å². The molecule has 1 aliphatic rings. The van der Waals surface area contributed by atoms with Crippen LogP contribution < -0.4 is 0 Å². The topological polar surface area (TPSA) is 42.2 Å². The molecule has 100 valence electrons. The van der Waals surface area contributed by atoms with Gasteiger partial charge in [0.1, 0.15) is 0 Å². The van der Waals surface area contributed by atoms with Gasteiger partial charge in [0, 0.05) is 12.1 Å². The van der Waals surface area contributed by atoms with Crippen molar-refractivity contribution in [1.82, 2.24) is 15.1 Å². The first-order chi connectivity index (χ1) is 9.31. The highest BCUT2D eigenvalue weighted by molar-refractivity contribution is 5.51. The Morgan fingerprint density at radius 2 is 2.11 bits per heavy atom. The fourth-order valence-corrected chi connectivity index (χ4v) is 2.64. The van der Waals surface area contributed by atoms with Crippen molar-refractivity contribution in [3.05, 3.63) is 36.2 Å². The lowest BCUT2D eigenvalue weighted by Crippen LogP contribution is -2.33. The smallest absolute Gasteiger partial charge is 0.247 e. The fraction of sp³-hybridized carbons (Fsp3) is 0.467. The molecule has 4 nitrogen and oxygen atoms in total. The van der Waals surface area contributed by atoms with Gasteiger partial charge in [-0.2, -0.15) is 0 Å². The number of piperidine rings is 1. The average Bonchev–Trinajstić information content (AvgIpc) is 2.88. The molecule has 1 aromatic heterocycles. The van der Waals surface area contributed by atoms with E-state index in [9.17, 15) is 0 Å². The average molecular weight is 257 g/mol. The molecular formula is C15H19N3O. The quantitative estimate of drug-likeness (QED) is 0.847. The SMILES string of the molecule is CC1CCCN(Cc2nnc(-c3ccccc3)o2)C1. The van der Waals surface area contributed by atoms with Crippen LogP contribution in [0.15, 0.2) is 34.7 Å². The standard InChI is InChI=1S/C15H19N3O/c1-12-6-5-9-18(10-12)11-14-16-17-15(19-14)13-7-3-2-4-8-13/h2-4,7-8,12H,5-6,9-11H2,1H3. The number of benzene rings is 1. The van der Waals surface area contributed by atoms with Gasteiger partial charge in [0.05, 0.1) is 6.54 Å². The first-order valence-corrected chi connectivity index (χ1v) is 6.91. The van der Waals surface area contributed by atoms with Crippen LogP contribution in [0.4, 0.5) is 0 Å². The lowest BCUT2D eigenvalue weighted by atomic mass is 10.0. The largest absolute Gasteiger partial charge is 0.419 e. The normalized spacial score (nSPS) is 20.6. The first-order valence-electron chi connectivity index (χ1n) is 6.91. The van der Waals surface area contributed by atoms with Gasteiger partial charge in [0.25, 0.3) is 0 Å². The van der Waals surface area contributed by atoms with Gasteiger partial charge in [-0.05, 0) is 37.4 Å². The molecule has 4 heteroatoms. The van der Waals surface area contributed by atoms with Crippen LogP contribution in [-0.2, 0) is 6.54 Å². The van der Waals surface area contributed by atoms with Crippen molar-refractivity contribution in [2.24, 2.45) is 5.92 Å². The summed E-state index contributed by atoms with van der Waals surface area (Å²) in [6, 6.07) is 9.91. The fourth-order valence-electron chi connectivity index (χ4n) is 2.64. The third kappa shape index (κ3) is 3.01. The van der Waals surface area contributed by atoms with Gasteiger partial charge in [-0.15, -0.1) is 10.2 Å². The minimum atomic E-state index is 0.612.